The molecule has 1 aromatic heterocycles. The Hall–Kier alpha value is -0.840. The van der Waals surface area contributed by atoms with Gasteiger partial charge in [0.25, 0.3) is 0 Å². The van der Waals surface area contributed by atoms with Gasteiger partial charge in [-0.3, -0.25) is 0 Å². The van der Waals surface area contributed by atoms with Crippen LogP contribution in [0.5, 0.6) is 0 Å². The number of rotatable bonds is 15. The molecule has 0 spiro atoms. The predicted octanol–water partition coefficient (Wildman–Crippen LogP) is 5.85. The molecule has 2 heterocycles. The summed E-state index contributed by atoms with van der Waals surface area (Å²) >= 11 is 0. The van der Waals surface area contributed by atoms with Crippen LogP contribution >= 0.6 is 0 Å². The van der Waals surface area contributed by atoms with Crippen LogP contribution in [-0.2, 0) is 20.8 Å². The highest BCUT2D eigenvalue weighted by Gasteiger charge is 2.13. The van der Waals surface area contributed by atoms with Gasteiger partial charge in [0.15, 0.2) is 6.29 Å². The topological polar surface area (TPSA) is 40.8 Å². The Morgan fingerprint density at radius 2 is 1.60 bits per heavy atom. The molecule has 1 saturated heterocycles. The van der Waals surface area contributed by atoms with Crippen LogP contribution in [0.4, 0.5) is 0 Å². The Kier molecular flexibility index (Phi) is 11.7. The summed E-state index contributed by atoms with van der Waals surface area (Å²) in [7, 11) is 0. The zero-order valence-corrected chi connectivity index (χ0v) is 15.8. The van der Waals surface area contributed by atoms with Crippen LogP contribution < -0.4 is 0 Å². The van der Waals surface area contributed by atoms with Gasteiger partial charge in [-0.25, -0.2) is 0 Å². The lowest BCUT2D eigenvalue weighted by molar-refractivity contribution is -0.162. The van der Waals surface area contributed by atoms with E-state index in [1.165, 1.54) is 64.2 Å². The van der Waals surface area contributed by atoms with Crippen molar-refractivity contribution in [2.45, 2.75) is 89.9 Å². The molecule has 1 aromatic rings. The van der Waals surface area contributed by atoms with Gasteiger partial charge in [-0.05, 0) is 44.2 Å². The Labute approximate surface area is 153 Å². The van der Waals surface area contributed by atoms with E-state index in [0.717, 1.165) is 38.4 Å². The molecule has 1 aliphatic heterocycles. The van der Waals surface area contributed by atoms with Crippen molar-refractivity contribution >= 4 is 0 Å². The molecule has 0 radical (unpaired) electrons. The first kappa shape index (κ1) is 20.5. The number of unbranched alkanes of at least 4 members (excludes halogenated alkanes) is 8. The van der Waals surface area contributed by atoms with Crippen molar-refractivity contribution in [1.29, 1.82) is 0 Å². The molecular formula is C21H36O4. The van der Waals surface area contributed by atoms with E-state index >= 15 is 0 Å². The van der Waals surface area contributed by atoms with Crippen molar-refractivity contribution in [1.82, 2.24) is 0 Å². The molecule has 0 amide bonds. The van der Waals surface area contributed by atoms with Gasteiger partial charge < -0.3 is 18.6 Å². The Bertz CT molecular complexity index is 385. The lowest BCUT2D eigenvalue weighted by atomic mass is 10.1. The smallest absolute Gasteiger partial charge is 0.157 e. The molecule has 0 bridgehead atoms. The molecule has 1 aliphatic rings. The van der Waals surface area contributed by atoms with Crippen LogP contribution in [0, 0.1) is 0 Å². The molecule has 0 aliphatic carbocycles. The molecule has 1 unspecified atom stereocenters. The van der Waals surface area contributed by atoms with E-state index in [1.54, 1.807) is 6.26 Å². The Morgan fingerprint density at radius 3 is 2.24 bits per heavy atom. The molecule has 1 fully saturated rings. The normalized spacial score (nSPS) is 17.8. The summed E-state index contributed by atoms with van der Waals surface area (Å²) in [5.74, 6) is 0.914. The summed E-state index contributed by atoms with van der Waals surface area (Å²) in [5.41, 5.74) is 0. The van der Waals surface area contributed by atoms with Gasteiger partial charge in [0.05, 0.1) is 6.26 Å². The van der Waals surface area contributed by atoms with E-state index in [9.17, 15) is 0 Å². The number of hydrogen-bond acceptors (Lipinski definition) is 4. The average molecular weight is 353 g/mol. The highest BCUT2D eigenvalue weighted by molar-refractivity contribution is 4.95. The van der Waals surface area contributed by atoms with Crippen molar-refractivity contribution in [3.8, 4) is 0 Å². The first-order valence-corrected chi connectivity index (χ1v) is 10.3. The standard InChI is InChI=1S/C21H36O4/c1(2-4-6-9-15-22-19-20-13-12-18-23-20)3-5-7-10-16-24-21-14-8-11-17-25-21/h12-13,18,21H,1-11,14-17,19H2. The minimum atomic E-state index is 0.0804. The summed E-state index contributed by atoms with van der Waals surface area (Å²) in [6, 6.07) is 3.85. The summed E-state index contributed by atoms with van der Waals surface area (Å²) in [4.78, 5) is 0. The second kappa shape index (κ2) is 14.3. The molecule has 0 saturated carbocycles. The quantitative estimate of drug-likeness (QED) is 0.371. The van der Waals surface area contributed by atoms with E-state index in [2.05, 4.69) is 0 Å². The first-order chi connectivity index (χ1) is 12.4. The van der Waals surface area contributed by atoms with Crippen molar-refractivity contribution < 1.29 is 18.6 Å². The average Bonchev–Trinajstić information content (AvgIpc) is 3.16. The van der Waals surface area contributed by atoms with E-state index in [4.69, 9.17) is 18.6 Å². The lowest BCUT2D eigenvalue weighted by Crippen LogP contribution is -2.22. The summed E-state index contributed by atoms with van der Waals surface area (Å²) < 4.78 is 22.1. The van der Waals surface area contributed by atoms with Gasteiger partial charge in [-0.15, -0.1) is 0 Å². The lowest BCUT2D eigenvalue weighted by Gasteiger charge is -2.22. The molecule has 0 N–H and O–H groups in total. The van der Waals surface area contributed by atoms with E-state index in [1.807, 2.05) is 12.1 Å². The molecule has 144 valence electrons. The van der Waals surface area contributed by atoms with Crippen LogP contribution in [-0.4, -0.2) is 26.1 Å². The van der Waals surface area contributed by atoms with Crippen molar-refractivity contribution in [2.75, 3.05) is 19.8 Å². The van der Waals surface area contributed by atoms with E-state index in [-0.39, 0.29) is 6.29 Å². The summed E-state index contributed by atoms with van der Waals surface area (Å²) in [6.45, 7) is 3.18. The van der Waals surface area contributed by atoms with Gasteiger partial charge in [0.1, 0.15) is 12.4 Å². The highest BCUT2D eigenvalue weighted by Crippen LogP contribution is 2.15. The van der Waals surface area contributed by atoms with Crippen molar-refractivity contribution in [3.05, 3.63) is 24.2 Å². The first-order valence-electron chi connectivity index (χ1n) is 10.3. The maximum atomic E-state index is 5.76. The molecular weight excluding hydrogens is 316 g/mol. The molecule has 4 nitrogen and oxygen atoms in total. The fraction of sp³-hybridized carbons (Fsp3) is 0.810. The van der Waals surface area contributed by atoms with Gasteiger partial charge >= 0.3 is 0 Å². The monoisotopic (exact) mass is 352 g/mol. The van der Waals surface area contributed by atoms with Gasteiger partial charge in [-0.2, -0.15) is 0 Å². The minimum Gasteiger partial charge on any atom is -0.467 e. The molecule has 25 heavy (non-hydrogen) atoms. The maximum absolute atomic E-state index is 5.76. The molecule has 1 atom stereocenters. The fourth-order valence-corrected chi connectivity index (χ4v) is 3.17. The summed E-state index contributed by atoms with van der Waals surface area (Å²) in [5, 5.41) is 0. The SMILES string of the molecule is c1coc(COCCCCCCCCCCCOC2CCCCO2)c1. The molecule has 4 heteroatoms. The van der Waals surface area contributed by atoms with Gasteiger partial charge in [0, 0.05) is 19.8 Å². The zero-order valence-electron chi connectivity index (χ0n) is 15.8. The minimum absolute atomic E-state index is 0.0804. The van der Waals surface area contributed by atoms with Crippen LogP contribution in [0.25, 0.3) is 0 Å². The largest absolute Gasteiger partial charge is 0.467 e. The maximum Gasteiger partial charge on any atom is 0.157 e. The number of hydrogen-bond donors (Lipinski definition) is 0. The molecule has 0 aromatic carbocycles. The second-order valence-electron chi connectivity index (χ2n) is 6.98. The van der Waals surface area contributed by atoms with Gasteiger partial charge in [-0.1, -0.05) is 44.9 Å². The third-order valence-electron chi connectivity index (χ3n) is 4.70. The predicted molar refractivity (Wildman–Crippen MR) is 99.5 cm³/mol. The number of ether oxygens (including phenoxy) is 3. The second-order valence-corrected chi connectivity index (χ2v) is 6.98. The highest BCUT2D eigenvalue weighted by atomic mass is 16.7. The van der Waals surface area contributed by atoms with Crippen molar-refractivity contribution in [3.63, 3.8) is 0 Å². The van der Waals surface area contributed by atoms with Crippen LogP contribution in [0.15, 0.2) is 22.8 Å². The zero-order chi connectivity index (χ0) is 17.4. The summed E-state index contributed by atoms with van der Waals surface area (Å²) in [6.07, 6.45) is 16.9. The third kappa shape index (κ3) is 10.7. The fourth-order valence-electron chi connectivity index (χ4n) is 3.17. The third-order valence-corrected chi connectivity index (χ3v) is 4.70. The molecule has 2 rings (SSSR count). The van der Waals surface area contributed by atoms with E-state index < -0.39 is 0 Å². The number of furan rings is 1. The van der Waals surface area contributed by atoms with Crippen LogP contribution in [0.3, 0.4) is 0 Å². The van der Waals surface area contributed by atoms with E-state index in [0.29, 0.717) is 6.61 Å². The van der Waals surface area contributed by atoms with Crippen LogP contribution in [0.2, 0.25) is 0 Å². The Morgan fingerprint density at radius 1 is 0.880 bits per heavy atom. The van der Waals surface area contributed by atoms with Crippen molar-refractivity contribution in [2.24, 2.45) is 0 Å². The van der Waals surface area contributed by atoms with Crippen LogP contribution in [0.1, 0.15) is 82.8 Å². The Balaban J connectivity index is 1.24. The van der Waals surface area contributed by atoms with Gasteiger partial charge in [0.2, 0.25) is 0 Å².